The summed E-state index contributed by atoms with van der Waals surface area (Å²) in [5.41, 5.74) is 7.43. The van der Waals surface area contributed by atoms with E-state index in [1.54, 1.807) is 0 Å². The van der Waals surface area contributed by atoms with Crippen LogP contribution in [0.4, 0.5) is 0 Å². The topological polar surface area (TPSA) is 29.3 Å². The molecule has 2 heteroatoms. The summed E-state index contributed by atoms with van der Waals surface area (Å²) in [4.78, 5) is 2.70. The summed E-state index contributed by atoms with van der Waals surface area (Å²) in [5.74, 6) is 0.853. The van der Waals surface area contributed by atoms with Gasteiger partial charge >= 0.3 is 0 Å². The minimum absolute atomic E-state index is 0.401. The van der Waals surface area contributed by atoms with Crippen molar-refractivity contribution in [2.45, 2.75) is 78.8 Å². The first kappa shape index (κ1) is 15.3. The van der Waals surface area contributed by atoms with Gasteiger partial charge in [0.25, 0.3) is 0 Å². The van der Waals surface area contributed by atoms with Crippen LogP contribution in [0.5, 0.6) is 0 Å². The number of nitrogens with zero attached hydrogens (tertiary/aromatic N) is 1. The van der Waals surface area contributed by atoms with Gasteiger partial charge in [-0.05, 0) is 49.0 Å². The van der Waals surface area contributed by atoms with E-state index in [9.17, 15) is 0 Å². The van der Waals surface area contributed by atoms with E-state index in [1.807, 2.05) is 0 Å². The predicted octanol–water partition coefficient (Wildman–Crippen LogP) is 3.65. The van der Waals surface area contributed by atoms with Crippen LogP contribution in [-0.4, -0.2) is 30.1 Å². The van der Waals surface area contributed by atoms with Crippen LogP contribution < -0.4 is 5.73 Å². The van der Waals surface area contributed by atoms with Crippen LogP contribution in [-0.2, 0) is 0 Å². The molecule has 112 valence electrons. The molecule has 1 saturated carbocycles. The monoisotopic (exact) mass is 266 g/mol. The molecule has 0 aromatic carbocycles. The van der Waals surface area contributed by atoms with Crippen LogP contribution in [0.15, 0.2) is 0 Å². The summed E-state index contributed by atoms with van der Waals surface area (Å²) in [6, 6.07) is 1.03. The molecule has 0 spiro atoms. The summed E-state index contributed by atoms with van der Waals surface area (Å²) in [6.45, 7) is 14.5. The van der Waals surface area contributed by atoms with Crippen LogP contribution in [0.1, 0.15) is 66.7 Å². The van der Waals surface area contributed by atoms with Crippen molar-refractivity contribution < 1.29 is 0 Å². The highest BCUT2D eigenvalue weighted by atomic mass is 15.2. The number of rotatable bonds is 3. The first-order valence-electron chi connectivity index (χ1n) is 8.25. The van der Waals surface area contributed by atoms with Crippen molar-refractivity contribution in [1.29, 1.82) is 0 Å². The molecule has 0 aromatic heterocycles. The summed E-state index contributed by atoms with van der Waals surface area (Å²) in [6.07, 6.45) is 6.48. The molecular formula is C17H34N2. The van der Waals surface area contributed by atoms with Gasteiger partial charge < -0.3 is 5.73 Å². The average Bonchev–Trinajstić information content (AvgIpc) is 2.70. The second-order valence-corrected chi connectivity index (χ2v) is 8.47. The molecule has 2 N–H and O–H groups in total. The fourth-order valence-corrected chi connectivity index (χ4v) is 4.03. The Balaban J connectivity index is 2.03. The van der Waals surface area contributed by atoms with Gasteiger partial charge in [0.1, 0.15) is 0 Å². The lowest BCUT2D eigenvalue weighted by Crippen LogP contribution is -2.52. The number of hydrogen-bond acceptors (Lipinski definition) is 2. The van der Waals surface area contributed by atoms with Gasteiger partial charge in [-0.3, -0.25) is 4.90 Å². The molecule has 2 fully saturated rings. The Morgan fingerprint density at radius 1 is 1.26 bits per heavy atom. The zero-order valence-corrected chi connectivity index (χ0v) is 13.7. The standard InChI is InChI=1S/C17H34N2/c1-6-17(4,5)13-7-8-14(18)15(11-13)19-10-9-16(2,3)12-19/h13-15H,6-12,18H2,1-5H3. The maximum absolute atomic E-state index is 6.45. The van der Waals surface area contributed by atoms with Gasteiger partial charge in [0.2, 0.25) is 0 Å². The van der Waals surface area contributed by atoms with E-state index >= 15 is 0 Å². The SMILES string of the molecule is CCC(C)(C)C1CCC(N)C(N2CCC(C)(C)C2)C1. The third kappa shape index (κ3) is 3.33. The summed E-state index contributed by atoms with van der Waals surface area (Å²) in [5, 5.41) is 0. The zero-order valence-electron chi connectivity index (χ0n) is 13.7. The van der Waals surface area contributed by atoms with Gasteiger partial charge in [0.15, 0.2) is 0 Å². The zero-order chi connectivity index (χ0) is 14.3. The Labute approximate surface area is 120 Å². The molecule has 1 saturated heterocycles. The fourth-order valence-electron chi connectivity index (χ4n) is 4.03. The molecule has 0 bridgehead atoms. The number of likely N-dealkylation sites (tertiary alicyclic amines) is 1. The highest BCUT2D eigenvalue weighted by molar-refractivity contribution is 4.96. The smallest absolute Gasteiger partial charge is 0.0250 e. The lowest BCUT2D eigenvalue weighted by molar-refractivity contribution is 0.0675. The Morgan fingerprint density at radius 2 is 1.95 bits per heavy atom. The van der Waals surface area contributed by atoms with Gasteiger partial charge in [0.05, 0.1) is 0 Å². The molecule has 19 heavy (non-hydrogen) atoms. The lowest BCUT2D eigenvalue weighted by Gasteiger charge is -2.45. The maximum atomic E-state index is 6.45. The quantitative estimate of drug-likeness (QED) is 0.845. The fraction of sp³-hybridized carbons (Fsp3) is 1.00. The van der Waals surface area contributed by atoms with Crippen molar-refractivity contribution in [3.63, 3.8) is 0 Å². The van der Waals surface area contributed by atoms with Crippen LogP contribution >= 0.6 is 0 Å². The second-order valence-electron chi connectivity index (χ2n) is 8.47. The third-order valence-electron chi connectivity index (χ3n) is 6.06. The number of nitrogens with two attached hydrogens (primary N) is 1. The molecule has 0 amide bonds. The molecule has 0 aromatic rings. The molecule has 2 rings (SSSR count). The van der Waals surface area contributed by atoms with E-state index < -0.39 is 0 Å². The van der Waals surface area contributed by atoms with Crippen LogP contribution in [0.2, 0.25) is 0 Å². The van der Waals surface area contributed by atoms with Gasteiger partial charge in [0, 0.05) is 18.6 Å². The molecule has 0 radical (unpaired) electrons. The van der Waals surface area contributed by atoms with E-state index in [0.717, 1.165) is 5.92 Å². The number of hydrogen-bond donors (Lipinski definition) is 1. The lowest BCUT2D eigenvalue weighted by atomic mass is 9.67. The van der Waals surface area contributed by atoms with Gasteiger partial charge in [-0.15, -0.1) is 0 Å². The van der Waals surface area contributed by atoms with Crippen LogP contribution in [0.3, 0.4) is 0 Å². The van der Waals surface area contributed by atoms with E-state index in [-0.39, 0.29) is 0 Å². The largest absolute Gasteiger partial charge is 0.326 e. The van der Waals surface area contributed by atoms with E-state index in [2.05, 4.69) is 39.5 Å². The van der Waals surface area contributed by atoms with E-state index in [1.165, 1.54) is 45.2 Å². The average molecular weight is 266 g/mol. The maximum Gasteiger partial charge on any atom is 0.0250 e. The Morgan fingerprint density at radius 3 is 2.47 bits per heavy atom. The minimum Gasteiger partial charge on any atom is -0.326 e. The molecular weight excluding hydrogens is 232 g/mol. The molecule has 3 atom stereocenters. The van der Waals surface area contributed by atoms with Gasteiger partial charge in [-0.1, -0.05) is 41.0 Å². The normalized spacial score (nSPS) is 36.6. The molecule has 3 unspecified atom stereocenters. The summed E-state index contributed by atoms with van der Waals surface area (Å²) >= 11 is 0. The van der Waals surface area contributed by atoms with Crippen molar-refractivity contribution in [3.8, 4) is 0 Å². The van der Waals surface area contributed by atoms with Crippen molar-refractivity contribution in [3.05, 3.63) is 0 Å². The second kappa shape index (κ2) is 5.37. The molecule has 1 heterocycles. The minimum atomic E-state index is 0.401. The Kier molecular flexibility index (Phi) is 4.32. The van der Waals surface area contributed by atoms with Crippen LogP contribution in [0.25, 0.3) is 0 Å². The van der Waals surface area contributed by atoms with Crippen molar-refractivity contribution >= 4 is 0 Å². The first-order chi connectivity index (χ1) is 8.75. The van der Waals surface area contributed by atoms with E-state index in [0.29, 0.717) is 22.9 Å². The predicted molar refractivity (Wildman–Crippen MR) is 83.1 cm³/mol. The Hall–Kier alpha value is -0.0800. The van der Waals surface area contributed by atoms with Crippen LogP contribution in [0, 0.1) is 16.7 Å². The van der Waals surface area contributed by atoms with Crippen molar-refractivity contribution in [2.75, 3.05) is 13.1 Å². The highest BCUT2D eigenvalue weighted by Gasteiger charge is 2.41. The van der Waals surface area contributed by atoms with Crippen molar-refractivity contribution in [2.24, 2.45) is 22.5 Å². The van der Waals surface area contributed by atoms with Gasteiger partial charge in [-0.2, -0.15) is 0 Å². The third-order valence-corrected chi connectivity index (χ3v) is 6.06. The van der Waals surface area contributed by atoms with Gasteiger partial charge in [-0.25, -0.2) is 0 Å². The van der Waals surface area contributed by atoms with E-state index in [4.69, 9.17) is 5.73 Å². The Bertz CT molecular complexity index is 308. The molecule has 2 nitrogen and oxygen atoms in total. The molecule has 1 aliphatic heterocycles. The highest BCUT2D eigenvalue weighted by Crippen LogP contribution is 2.43. The van der Waals surface area contributed by atoms with Crippen molar-refractivity contribution in [1.82, 2.24) is 4.90 Å². The summed E-state index contributed by atoms with van der Waals surface area (Å²) in [7, 11) is 0. The molecule has 1 aliphatic carbocycles. The molecule has 2 aliphatic rings. The summed E-state index contributed by atoms with van der Waals surface area (Å²) < 4.78 is 0. The first-order valence-corrected chi connectivity index (χ1v) is 8.25.